The fourth-order valence-corrected chi connectivity index (χ4v) is 17.0. The second-order valence-electron chi connectivity index (χ2n) is 7.29. The molecule has 0 radical (unpaired) electrons. The van der Waals surface area contributed by atoms with E-state index in [9.17, 15) is 0 Å². The van der Waals surface area contributed by atoms with Crippen LogP contribution in [0.15, 0.2) is 48.6 Å². The molecule has 0 bridgehead atoms. The van der Waals surface area contributed by atoms with E-state index < -0.39 is 28.4 Å². The molecule has 0 N–H and O–H groups in total. The van der Waals surface area contributed by atoms with Crippen LogP contribution in [0, 0.1) is 11.8 Å². The first-order chi connectivity index (χ1) is 9.75. The van der Waals surface area contributed by atoms with E-state index in [4.69, 9.17) is 0 Å². The Kier molecular flexibility index (Phi) is 4.96. The molecule has 0 atom stereocenters. The van der Waals surface area contributed by atoms with Gasteiger partial charge in [-0.15, -0.1) is 0 Å². The third kappa shape index (κ3) is 2.97. The van der Waals surface area contributed by atoms with Crippen LogP contribution in [0.2, 0.25) is 5.95 Å². The van der Waals surface area contributed by atoms with Crippen molar-refractivity contribution in [3.05, 3.63) is 48.6 Å². The molecule has 0 saturated carbocycles. The molecule has 0 aliphatic heterocycles. The normalized spacial score (nSPS) is 22.1. The number of hydrogen-bond acceptors (Lipinski definition) is 0. The number of hydrogen-bond donors (Lipinski definition) is 0. The third-order valence-corrected chi connectivity index (χ3v) is 17.7. The van der Waals surface area contributed by atoms with Gasteiger partial charge in [0.25, 0.3) is 0 Å². The van der Waals surface area contributed by atoms with Crippen LogP contribution in [0.3, 0.4) is 0 Å². The van der Waals surface area contributed by atoms with Gasteiger partial charge in [-0.25, -0.2) is 0 Å². The maximum atomic E-state index is 15.9. The first-order valence-electron chi connectivity index (χ1n) is 7.87. The Hall–Kier alpha value is -0.258. The van der Waals surface area contributed by atoms with Crippen LogP contribution in [0.4, 0.5) is 5.02 Å². The van der Waals surface area contributed by atoms with E-state index in [1.54, 1.807) is 24.3 Å². The summed E-state index contributed by atoms with van der Waals surface area (Å²) in [6.45, 7) is 8.17. The van der Waals surface area contributed by atoms with Crippen molar-refractivity contribution in [2.45, 2.75) is 46.5 Å². The molecule has 0 nitrogen and oxygen atoms in total. The Morgan fingerprint density at radius 1 is 0.714 bits per heavy atom. The van der Waals surface area contributed by atoms with Crippen LogP contribution < -0.4 is 0 Å². The molecule has 3 heteroatoms. The molecule has 0 unspecified atom stereocenters. The SMILES string of the molecule is CC(C)C[C]1([Pb]([F])([F])[C]2(CC(C)C)C=CC=C2)C=CC=C1. The standard InChI is InChI=1S/2C9H13.2FH.Pb/c2*1-8(2)7-9-5-3-4-6-9;;;/h2*3-6,8H,7H2,1-2H3;2*1H;/q;;;;+2/p-2. The molecule has 2 rings (SSSR count). The van der Waals surface area contributed by atoms with E-state index >= 15 is 5.02 Å². The Labute approximate surface area is 134 Å². The van der Waals surface area contributed by atoms with Gasteiger partial charge in [-0.1, -0.05) is 0 Å². The number of rotatable bonds is 6. The molecule has 0 fully saturated rings. The first kappa shape index (κ1) is 17.1. The molecule has 116 valence electrons. The average molecular weight is 488 g/mol. The number of allylic oxidation sites excluding steroid dienone is 8. The van der Waals surface area contributed by atoms with Crippen LogP contribution in [0.5, 0.6) is 0 Å². The second-order valence-corrected chi connectivity index (χ2v) is 19.0. The van der Waals surface area contributed by atoms with Gasteiger partial charge >= 0.3 is 134 Å². The summed E-state index contributed by atoms with van der Waals surface area (Å²) in [4.78, 5) is 0. The van der Waals surface area contributed by atoms with E-state index in [0.29, 0.717) is 12.8 Å². The summed E-state index contributed by atoms with van der Waals surface area (Å²) in [5.74, 6) is 0.544. The van der Waals surface area contributed by atoms with Gasteiger partial charge < -0.3 is 0 Å². The van der Waals surface area contributed by atoms with Crippen LogP contribution in [-0.4, -0.2) is 22.4 Å². The Balaban J connectivity index is 2.47. The summed E-state index contributed by atoms with van der Waals surface area (Å²) >= 11 is -5.68. The van der Waals surface area contributed by atoms with Gasteiger partial charge in [0, 0.05) is 0 Å². The molecule has 2 aliphatic rings. The minimum atomic E-state index is -5.68. The zero-order valence-electron chi connectivity index (χ0n) is 13.4. The van der Waals surface area contributed by atoms with Crippen molar-refractivity contribution in [1.82, 2.24) is 0 Å². The first-order valence-corrected chi connectivity index (χ1v) is 14.7. The summed E-state index contributed by atoms with van der Waals surface area (Å²) in [5, 5.41) is 0. The van der Waals surface area contributed by atoms with E-state index in [-0.39, 0.29) is 11.8 Å². The molecular weight excluding hydrogens is 461 g/mol. The Bertz CT molecular complexity index is 427. The predicted octanol–water partition coefficient (Wildman–Crippen LogP) is 6.19. The van der Waals surface area contributed by atoms with Gasteiger partial charge in [-0.05, 0) is 0 Å². The molecule has 21 heavy (non-hydrogen) atoms. The molecular formula is C18H26F2Pb. The quantitative estimate of drug-likeness (QED) is 0.392. The Morgan fingerprint density at radius 2 is 1.00 bits per heavy atom. The fraction of sp³-hybridized carbons (Fsp3) is 0.556. The van der Waals surface area contributed by atoms with E-state index in [1.165, 1.54) is 0 Å². The van der Waals surface area contributed by atoms with Gasteiger partial charge in [-0.2, -0.15) is 0 Å². The monoisotopic (exact) mass is 488 g/mol. The summed E-state index contributed by atoms with van der Waals surface area (Å²) in [6, 6.07) is 0. The molecule has 2 aliphatic carbocycles. The summed E-state index contributed by atoms with van der Waals surface area (Å²) in [6.07, 6.45) is 15.6. The maximum absolute atomic E-state index is 15.9. The van der Waals surface area contributed by atoms with Gasteiger partial charge in [0.05, 0.1) is 0 Å². The predicted molar refractivity (Wildman–Crippen MR) is 88.8 cm³/mol. The summed E-state index contributed by atoms with van der Waals surface area (Å²) < 4.78 is 29.9. The van der Waals surface area contributed by atoms with Crippen LogP contribution >= 0.6 is 0 Å². The summed E-state index contributed by atoms with van der Waals surface area (Å²) in [7, 11) is 0. The van der Waals surface area contributed by atoms with Crippen LogP contribution in [0.25, 0.3) is 0 Å². The zero-order valence-corrected chi connectivity index (χ0v) is 17.3. The molecule has 0 amide bonds. The molecule has 0 aromatic rings. The van der Waals surface area contributed by atoms with Crippen molar-refractivity contribution in [2.75, 3.05) is 0 Å². The van der Waals surface area contributed by atoms with Gasteiger partial charge in [-0.3, -0.25) is 0 Å². The van der Waals surface area contributed by atoms with Crippen molar-refractivity contribution >= 4 is 22.4 Å². The van der Waals surface area contributed by atoms with Crippen LogP contribution in [-0.2, 0) is 0 Å². The second kappa shape index (κ2) is 6.09. The fourth-order valence-electron chi connectivity index (χ4n) is 3.75. The molecule has 0 spiro atoms. The molecule has 0 aromatic carbocycles. The number of halogens is 2. The van der Waals surface area contributed by atoms with Crippen molar-refractivity contribution in [2.24, 2.45) is 11.8 Å². The van der Waals surface area contributed by atoms with Crippen molar-refractivity contribution in [3.8, 4) is 0 Å². The van der Waals surface area contributed by atoms with Gasteiger partial charge in [0.2, 0.25) is 0 Å². The van der Waals surface area contributed by atoms with E-state index in [2.05, 4.69) is 0 Å². The molecule has 0 heterocycles. The topological polar surface area (TPSA) is 0 Å². The van der Waals surface area contributed by atoms with Gasteiger partial charge in [0.15, 0.2) is 0 Å². The zero-order chi connectivity index (χ0) is 15.7. The van der Waals surface area contributed by atoms with E-state index in [0.717, 1.165) is 0 Å². The minimum absolute atomic E-state index is 0.272. The summed E-state index contributed by atoms with van der Waals surface area (Å²) in [5.41, 5.74) is 0. The van der Waals surface area contributed by atoms with Crippen molar-refractivity contribution in [3.63, 3.8) is 0 Å². The Morgan fingerprint density at radius 3 is 1.24 bits per heavy atom. The average Bonchev–Trinajstić information content (AvgIpc) is 2.98. The third-order valence-electron chi connectivity index (χ3n) is 4.46. The van der Waals surface area contributed by atoms with Crippen molar-refractivity contribution in [1.29, 1.82) is 0 Å². The van der Waals surface area contributed by atoms with Gasteiger partial charge in [0.1, 0.15) is 0 Å². The molecule has 0 saturated heterocycles. The molecule has 0 aromatic heterocycles. The van der Waals surface area contributed by atoms with E-state index in [1.807, 2.05) is 52.0 Å². The van der Waals surface area contributed by atoms with Crippen molar-refractivity contribution < 1.29 is 5.02 Å². The van der Waals surface area contributed by atoms with Crippen LogP contribution in [0.1, 0.15) is 40.5 Å².